The first-order valence-corrected chi connectivity index (χ1v) is 8.68. The fourth-order valence-electron chi connectivity index (χ4n) is 3.96. The molecule has 1 amide bonds. The first-order valence-electron chi connectivity index (χ1n) is 8.68. The Hall–Kier alpha value is -2.09. The van der Waals surface area contributed by atoms with Gasteiger partial charge in [0.05, 0.1) is 0 Å². The summed E-state index contributed by atoms with van der Waals surface area (Å²) in [5.74, 6) is 1.06. The lowest BCUT2D eigenvalue weighted by molar-refractivity contribution is -0.128. The molecule has 4 rings (SSSR count). The van der Waals surface area contributed by atoms with Crippen molar-refractivity contribution >= 4 is 5.91 Å². The Kier molecular flexibility index (Phi) is 3.68. The van der Waals surface area contributed by atoms with Crippen LogP contribution in [0.1, 0.15) is 36.5 Å². The zero-order valence-corrected chi connectivity index (χ0v) is 13.7. The molecule has 0 spiro atoms. The number of hydrogen-bond donors (Lipinski definition) is 0. The molecule has 118 valence electrons. The van der Waals surface area contributed by atoms with Crippen molar-refractivity contribution in [3.63, 3.8) is 0 Å². The molecule has 0 saturated carbocycles. The summed E-state index contributed by atoms with van der Waals surface area (Å²) in [5.41, 5.74) is 6.81. The van der Waals surface area contributed by atoms with Gasteiger partial charge in [-0.15, -0.1) is 0 Å². The van der Waals surface area contributed by atoms with Gasteiger partial charge in [-0.05, 0) is 59.1 Å². The molecule has 1 saturated heterocycles. The molecule has 1 aliphatic carbocycles. The molecule has 2 aliphatic rings. The lowest BCUT2D eigenvalue weighted by Crippen LogP contribution is -2.23. The van der Waals surface area contributed by atoms with Gasteiger partial charge in [0, 0.05) is 19.5 Å². The molecule has 2 heteroatoms. The largest absolute Gasteiger partial charge is 0.338 e. The van der Waals surface area contributed by atoms with Crippen molar-refractivity contribution in [2.24, 2.45) is 5.92 Å². The molecule has 2 aromatic carbocycles. The number of nitrogens with zero attached hydrogens (tertiary/aromatic N) is 1. The molecule has 1 fully saturated rings. The van der Waals surface area contributed by atoms with Crippen molar-refractivity contribution in [2.75, 3.05) is 6.54 Å². The molecule has 1 aliphatic heterocycles. The Bertz CT molecular complexity index is 749. The van der Waals surface area contributed by atoms with E-state index in [1.165, 1.54) is 40.7 Å². The smallest absolute Gasteiger partial charge is 0.222 e. The molecule has 1 unspecified atom stereocenters. The van der Waals surface area contributed by atoms with Gasteiger partial charge in [-0.1, -0.05) is 43.3 Å². The van der Waals surface area contributed by atoms with Crippen molar-refractivity contribution in [3.8, 4) is 11.1 Å². The Morgan fingerprint density at radius 2 is 1.87 bits per heavy atom. The van der Waals surface area contributed by atoms with Gasteiger partial charge in [-0.3, -0.25) is 4.79 Å². The van der Waals surface area contributed by atoms with Crippen LogP contribution in [0, 0.1) is 5.92 Å². The van der Waals surface area contributed by atoms with Crippen LogP contribution in [-0.4, -0.2) is 17.4 Å². The summed E-state index contributed by atoms with van der Waals surface area (Å²) >= 11 is 0. The minimum atomic E-state index is 0.293. The van der Waals surface area contributed by atoms with E-state index in [9.17, 15) is 4.79 Å². The highest BCUT2D eigenvalue weighted by Gasteiger charge is 2.20. The van der Waals surface area contributed by atoms with E-state index in [2.05, 4.69) is 49.4 Å². The average Bonchev–Trinajstić information content (AvgIpc) is 3.11. The van der Waals surface area contributed by atoms with E-state index < -0.39 is 0 Å². The monoisotopic (exact) mass is 305 g/mol. The van der Waals surface area contributed by atoms with Crippen LogP contribution in [0.3, 0.4) is 0 Å². The van der Waals surface area contributed by atoms with Gasteiger partial charge in [0.1, 0.15) is 0 Å². The van der Waals surface area contributed by atoms with Crippen molar-refractivity contribution in [2.45, 2.75) is 39.2 Å². The third kappa shape index (κ3) is 2.90. The second kappa shape index (κ2) is 5.84. The van der Waals surface area contributed by atoms with Crippen LogP contribution in [0.25, 0.3) is 11.1 Å². The second-order valence-electron chi connectivity index (χ2n) is 7.12. The van der Waals surface area contributed by atoms with E-state index in [0.717, 1.165) is 25.4 Å². The highest BCUT2D eigenvalue weighted by atomic mass is 16.2. The zero-order valence-electron chi connectivity index (χ0n) is 13.7. The molecule has 2 aromatic rings. The number of rotatable bonds is 3. The standard InChI is InChI=1S/C21H23NO/c1-15-10-18-7-8-19(13-20(18)11-15)17-5-2-4-16(12-17)14-22-9-3-6-21(22)23/h2,4-5,7-8,12-13,15H,3,6,9-11,14H2,1H3. The number of benzene rings is 2. The van der Waals surface area contributed by atoms with Crippen molar-refractivity contribution in [1.82, 2.24) is 4.90 Å². The molecule has 0 bridgehead atoms. The van der Waals surface area contributed by atoms with E-state index in [1.54, 1.807) is 0 Å². The Morgan fingerprint density at radius 1 is 1.04 bits per heavy atom. The number of amides is 1. The van der Waals surface area contributed by atoms with Crippen molar-refractivity contribution in [3.05, 3.63) is 59.2 Å². The first kappa shape index (κ1) is 14.5. The van der Waals surface area contributed by atoms with Crippen LogP contribution in [0.2, 0.25) is 0 Å². The Labute approximate surface area is 138 Å². The summed E-state index contributed by atoms with van der Waals surface area (Å²) in [6, 6.07) is 15.6. The van der Waals surface area contributed by atoms with E-state index in [4.69, 9.17) is 0 Å². The number of carbonyl (C=O) groups is 1. The van der Waals surface area contributed by atoms with Crippen LogP contribution >= 0.6 is 0 Å². The van der Waals surface area contributed by atoms with Crippen molar-refractivity contribution < 1.29 is 4.79 Å². The Balaban J connectivity index is 1.59. The first-order chi connectivity index (χ1) is 11.2. The van der Waals surface area contributed by atoms with Crippen LogP contribution in [0.15, 0.2) is 42.5 Å². The van der Waals surface area contributed by atoms with Gasteiger partial charge in [0.25, 0.3) is 0 Å². The van der Waals surface area contributed by atoms with E-state index in [-0.39, 0.29) is 0 Å². The van der Waals surface area contributed by atoms with Crippen molar-refractivity contribution in [1.29, 1.82) is 0 Å². The van der Waals surface area contributed by atoms with Gasteiger partial charge in [-0.25, -0.2) is 0 Å². The topological polar surface area (TPSA) is 20.3 Å². The van der Waals surface area contributed by atoms with Gasteiger partial charge in [-0.2, -0.15) is 0 Å². The van der Waals surface area contributed by atoms with Crippen LogP contribution in [0.4, 0.5) is 0 Å². The lowest BCUT2D eigenvalue weighted by atomic mass is 9.99. The minimum absolute atomic E-state index is 0.293. The third-order valence-electron chi connectivity index (χ3n) is 5.15. The molecule has 2 nitrogen and oxygen atoms in total. The summed E-state index contributed by atoms with van der Waals surface area (Å²) in [4.78, 5) is 13.8. The summed E-state index contributed by atoms with van der Waals surface area (Å²) in [6.07, 6.45) is 4.13. The van der Waals surface area contributed by atoms with Gasteiger partial charge in [0.15, 0.2) is 0 Å². The fraction of sp³-hybridized carbons (Fsp3) is 0.381. The van der Waals surface area contributed by atoms with Gasteiger partial charge < -0.3 is 4.90 Å². The molecule has 0 radical (unpaired) electrons. The number of carbonyl (C=O) groups excluding carboxylic acids is 1. The Morgan fingerprint density at radius 3 is 2.70 bits per heavy atom. The average molecular weight is 305 g/mol. The summed E-state index contributed by atoms with van der Waals surface area (Å²) in [5, 5.41) is 0. The maximum atomic E-state index is 11.8. The lowest BCUT2D eigenvalue weighted by Gasteiger charge is -2.16. The third-order valence-corrected chi connectivity index (χ3v) is 5.15. The maximum absolute atomic E-state index is 11.8. The molecule has 0 aromatic heterocycles. The quantitative estimate of drug-likeness (QED) is 0.832. The fourth-order valence-corrected chi connectivity index (χ4v) is 3.96. The SMILES string of the molecule is CC1Cc2ccc(-c3cccc(CN4CCCC4=O)c3)cc2C1. The number of hydrogen-bond acceptors (Lipinski definition) is 1. The predicted octanol–water partition coefficient (Wildman–Crippen LogP) is 4.21. The number of likely N-dealkylation sites (tertiary alicyclic amines) is 1. The van der Waals surface area contributed by atoms with Gasteiger partial charge in [0.2, 0.25) is 5.91 Å². The van der Waals surface area contributed by atoms with Crippen LogP contribution < -0.4 is 0 Å². The summed E-state index contributed by atoms with van der Waals surface area (Å²) in [7, 11) is 0. The van der Waals surface area contributed by atoms with Gasteiger partial charge >= 0.3 is 0 Å². The second-order valence-corrected chi connectivity index (χ2v) is 7.12. The molecule has 1 heterocycles. The summed E-state index contributed by atoms with van der Waals surface area (Å²) in [6.45, 7) is 3.97. The van der Waals surface area contributed by atoms with E-state index in [1.807, 2.05) is 4.90 Å². The summed E-state index contributed by atoms with van der Waals surface area (Å²) < 4.78 is 0. The van der Waals surface area contributed by atoms with E-state index >= 15 is 0 Å². The highest BCUT2D eigenvalue weighted by molar-refractivity contribution is 5.78. The molecule has 1 atom stereocenters. The van der Waals surface area contributed by atoms with E-state index in [0.29, 0.717) is 12.3 Å². The van der Waals surface area contributed by atoms with Crippen LogP contribution in [-0.2, 0) is 24.2 Å². The molecular weight excluding hydrogens is 282 g/mol. The number of fused-ring (bicyclic) bond motifs is 1. The minimum Gasteiger partial charge on any atom is -0.338 e. The maximum Gasteiger partial charge on any atom is 0.222 e. The zero-order chi connectivity index (χ0) is 15.8. The highest BCUT2D eigenvalue weighted by Crippen LogP contribution is 2.31. The molecule has 23 heavy (non-hydrogen) atoms. The molecule has 0 N–H and O–H groups in total. The van der Waals surface area contributed by atoms with Crippen LogP contribution in [0.5, 0.6) is 0 Å². The predicted molar refractivity (Wildman–Crippen MR) is 93.1 cm³/mol. The normalized spacial score (nSPS) is 20.1. The molecular formula is C21H23NO.